The molecule has 1 heterocycles. The second kappa shape index (κ2) is 5.70. The molecule has 0 fully saturated rings. The standard InChI is InChI=1S/C9H11F3N2O2S2/c1-16-8(15)6-4(13)5(17-2)7(18-6)14-3-9(10,11)12/h14H,3,13H2,1-2H3. The van der Waals surface area contributed by atoms with Gasteiger partial charge in [-0.25, -0.2) is 4.79 Å². The molecular weight excluding hydrogens is 289 g/mol. The maximum Gasteiger partial charge on any atom is 0.405 e. The molecule has 102 valence electrons. The zero-order chi connectivity index (χ0) is 13.9. The number of nitrogens with one attached hydrogen (secondary N) is 1. The average molecular weight is 300 g/mol. The SMILES string of the molecule is COC(=O)c1sc(NCC(F)(F)F)c(SC)c1N. The van der Waals surface area contributed by atoms with Gasteiger partial charge in [0.25, 0.3) is 0 Å². The lowest BCUT2D eigenvalue weighted by molar-refractivity contribution is -0.115. The zero-order valence-corrected chi connectivity index (χ0v) is 11.2. The number of halogens is 3. The lowest BCUT2D eigenvalue weighted by atomic mass is 10.4. The number of rotatable bonds is 4. The van der Waals surface area contributed by atoms with Crippen molar-refractivity contribution in [3.05, 3.63) is 4.88 Å². The first-order valence-corrected chi connectivity index (χ1v) is 6.69. The van der Waals surface area contributed by atoms with Crippen LogP contribution in [0.2, 0.25) is 0 Å². The van der Waals surface area contributed by atoms with Crippen LogP contribution in [0.1, 0.15) is 9.67 Å². The van der Waals surface area contributed by atoms with Crippen LogP contribution in [0.5, 0.6) is 0 Å². The fraction of sp³-hybridized carbons (Fsp3) is 0.444. The van der Waals surface area contributed by atoms with E-state index >= 15 is 0 Å². The van der Waals surface area contributed by atoms with E-state index in [4.69, 9.17) is 5.73 Å². The van der Waals surface area contributed by atoms with Crippen molar-refractivity contribution in [3.8, 4) is 0 Å². The molecule has 0 saturated heterocycles. The first-order chi connectivity index (χ1) is 8.30. The second-order valence-corrected chi connectivity index (χ2v) is 5.00. The van der Waals surface area contributed by atoms with Crippen LogP contribution in [0.25, 0.3) is 0 Å². The van der Waals surface area contributed by atoms with Gasteiger partial charge in [-0.3, -0.25) is 0 Å². The summed E-state index contributed by atoms with van der Waals surface area (Å²) in [7, 11) is 1.18. The van der Waals surface area contributed by atoms with Crippen molar-refractivity contribution < 1.29 is 22.7 Å². The van der Waals surface area contributed by atoms with Gasteiger partial charge in [-0.2, -0.15) is 13.2 Å². The van der Waals surface area contributed by atoms with E-state index in [0.29, 0.717) is 4.90 Å². The summed E-state index contributed by atoms with van der Waals surface area (Å²) in [5, 5.41) is 2.45. The van der Waals surface area contributed by atoms with Gasteiger partial charge >= 0.3 is 12.1 Å². The van der Waals surface area contributed by atoms with Gasteiger partial charge in [0.2, 0.25) is 0 Å². The molecular formula is C9H11F3N2O2S2. The van der Waals surface area contributed by atoms with E-state index in [0.717, 1.165) is 11.3 Å². The molecule has 0 spiro atoms. The van der Waals surface area contributed by atoms with Gasteiger partial charge in [-0.15, -0.1) is 23.1 Å². The summed E-state index contributed by atoms with van der Waals surface area (Å²) in [6.45, 7) is -1.18. The van der Waals surface area contributed by atoms with E-state index in [9.17, 15) is 18.0 Å². The molecule has 18 heavy (non-hydrogen) atoms. The van der Waals surface area contributed by atoms with Crippen LogP contribution in [0, 0.1) is 0 Å². The average Bonchev–Trinajstić information content (AvgIpc) is 2.61. The third kappa shape index (κ3) is 3.45. The molecule has 1 aromatic rings. The molecule has 0 amide bonds. The third-order valence-electron chi connectivity index (χ3n) is 1.92. The molecule has 0 saturated carbocycles. The molecule has 0 aliphatic carbocycles. The fourth-order valence-electron chi connectivity index (χ4n) is 1.17. The van der Waals surface area contributed by atoms with Gasteiger partial charge in [0.1, 0.15) is 16.4 Å². The molecule has 0 aromatic carbocycles. The number of ether oxygens (including phenoxy) is 1. The number of nitrogens with two attached hydrogens (primary N) is 1. The van der Waals surface area contributed by atoms with Crippen molar-refractivity contribution in [1.29, 1.82) is 0 Å². The lowest BCUT2D eigenvalue weighted by Gasteiger charge is -2.08. The van der Waals surface area contributed by atoms with E-state index in [1.165, 1.54) is 18.9 Å². The summed E-state index contributed by atoms with van der Waals surface area (Å²) >= 11 is 2.02. The highest BCUT2D eigenvalue weighted by Crippen LogP contribution is 2.42. The molecule has 0 unspecified atom stereocenters. The Morgan fingerprint density at radius 1 is 1.56 bits per heavy atom. The number of thioether (sulfide) groups is 1. The predicted octanol–water partition coefficient (Wildman–Crippen LogP) is 2.81. The highest BCUT2D eigenvalue weighted by atomic mass is 32.2. The largest absolute Gasteiger partial charge is 0.465 e. The van der Waals surface area contributed by atoms with Crippen molar-refractivity contribution in [2.24, 2.45) is 0 Å². The maximum absolute atomic E-state index is 12.1. The molecule has 0 bridgehead atoms. The summed E-state index contributed by atoms with van der Waals surface area (Å²) in [4.78, 5) is 11.9. The topological polar surface area (TPSA) is 64.3 Å². The monoisotopic (exact) mass is 300 g/mol. The number of esters is 1. The minimum Gasteiger partial charge on any atom is -0.465 e. The van der Waals surface area contributed by atoms with Gasteiger partial charge in [-0.05, 0) is 6.26 Å². The van der Waals surface area contributed by atoms with Crippen LogP contribution in [-0.2, 0) is 4.74 Å². The van der Waals surface area contributed by atoms with Gasteiger partial charge in [0, 0.05) is 0 Å². The molecule has 0 atom stereocenters. The summed E-state index contributed by atoms with van der Waals surface area (Å²) in [5.74, 6) is -0.659. The molecule has 1 rings (SSSR count). The molecule has 9 heteroatoms. The lowest BCUT2D eigenvalue weighted by Crippen LogP contribution is -2.21. The van der Waals surface area contributed by atoms with E-state index < -0.39 is 18.7 Å². The maximum atomic E-state index is 12.1. The second-order valence-electron chi connectivity index (χ2n) is 3.17. The molecule has 0 aliphatic rings. The van der Waals surface area contributed by atoms with E-state index in [1.807, 2.05) is 0 Å². The Kier molecular flexibility index (Phi) is 4.74. The molecule has 4 nitrogen and oxygen atoms in total. The summed E-state index contributed by atoms with van der Waals surface area (Å²) in [6, 6.07) is 0. The van der Waals surface area contributed by atoms with Crippen molar-refractivity contribution in [2.45, 2.75) is 11.1 Å². The minimum absolute atomic E-state index is 0.103. The Morgan fingerprint density at radius 2 is 2.17 bits per heavy atom. The Labute approximate surface area is 110 Å². The highest BCUT2D eigenvalue weighted by molar-refractivity contribution is 7.99. The molecule has 0 radical (unpaired) electrons. The number of carbonyl (C=O) groups is 1. The Balaban J connectivity index is 3.01. The molecule has 3 N–H and O–H groups in total. The normalized spacial score (nSPS) is 11.4. The molecule has 1 aromatic heterocycles. The van der Waals surface area contributed by atoms with Gasteiger partial charge in [0.15, 0.2) is 0 Å². The van der Waals surface area contributed by atoms with Crippen LogP contribution in [0.15, 0.2) is 4.90 Å². The molecule has 0 aliphatic heterocycles. The van der Waals surface area contributed by atoms with Gasteiger partial charge in [0.05, 0.1) is 17.7 Å². The smallest absolute Gasteiger partial charge is 0.405 e. The Hall–Kier alpha value is -1.09. The van der Waals surface area contributed by atoms with E-state index in [2.05, 4.69) is 10.1 Å². The highest BCUT2D eigenvalue weighted by Gasteiger charge is 2.29. The number of anilines is 2. The van der Waals surface area contributed by atoms with Gasteiger partial charge in [-0.1, -0.05) is 0 Å². The first kappa shape index (κ1) is 15.0. The van der Waals surface area contributed by atoms with Crippen LogP contribution < -0.4 is 11.1 Å². The predicted molar refractivity (Wildman–Crippen MR) is 66.4 cm³/mol. The number of hydrogen-bond acceptors (Lipinski definition) is 6. The number of alkyl halides is 3. The summed E-state index contributed by atoms with van der Waals surface area (Å²) in [6.07, 6.45) is -2.67. The van der Waals surface area contributed by atoms with E-state index in [1.54, 1.807) is 6.26 Å². The number of methoxy groups -OCH3 is 1. The summed E-state index contributed by atoms with van der Waals surface area (Å²) < 4.78 is 40.9. The first-order valence-electron chi connectivity index (χ1n) is 4.65. The fourth-order valence-corrected chi connectivity index (χ4v) is 3.12. The number of thiophene rings is 1. The summed E-state index contributed by atoms with van der Waals surface area (Å²) in [5.41, 5.74) is 5.84. The number of nitrogen functional groups attached to an aromatic ring is 1. The van der Waals surface area contributed by atoms with Crippen LogP contribution in [-0.4, -0.2) is 32.1 Å². The quantitative estimate of drug-likeness (QED) is 0.661. The van der Waals surface area contributed by atoms with Crippen LogP contribution in [0.3, 0.4) is 0 Å². The van der Waals surface area contributed by atoms with Gasteiger partial charge < -0.3 is 15.8 Å². The van der Waals surface area contributed by atoms with Crippen molar-refractivity contribution in [2.75, 3.05) is 31.0 Å². The zero-order valence-electron chi connectivity index (χ0n) is 9.55. The van der Waals surface area contributed by atoms with Crippen LogP contribution >= 0.6 is 23.1 Å². The van der Waals surface area contributed by atoms with E-state index in [-0.39, 0.29) is 15.6 Å². The Morgan fingerprint density at radius 3 is 2.61 bits per heavy atom. The van der Waals surface area contributed by atoms with Crippen LogP contribution in [0.4, 0.5) is 23.9 Å². The van der Waals surface area contributed by atoms with Crippen molar-refractivity contribution >= 4 is 39.8 Å². The minimum atomic E-state index is -4.33. The third-order valence-corrected chi connectivity index (χ3v) is 4.03. The number of hydrogen-bond donors (Lipinski definition) is 2. The Bertz CT molecular complexity index is 446. The van der Waals surface area contributed by atoms with Crippen molar-refractivity contribution in [3.63, 3.8) is 0 Å². The van der Waals surface area contributed by atoms with Crippen molar-refractivity contribution in [1.82, 2.24) is 0 Å². The number of carbonyl (C=O) groups excluding carboxylic acids is 1.